The Bertz CT molecular complexity index is 1300. The fourth-order valence-corrected chi connectivity index (χ4v) is 5.47. The third-order valence-electron chi connectivity index (χ3n) is 7.59. The van der Waals surface area contributed by atoms with E-state index in [1.54, 1.807) is 13.2 Å². The molecule has 0 atom stereocenters. The molecule has 2 N–H and O–H groups in total. The number of ether oxygens (including phenoxy) is 1. The van der Waals surface area contributed by atoms with E-state index in [0.717, 1.165) is 69.0 Å². The number of amides is 2. The fraction of sp³-hybridized carbons (Fsp3) is 0.355. The molecule has 0 bridgehead atoms. The molecule has 1 heterocycles. The van der Waals surface area contributed by atoms with E-state index in [1.807, 2.05) is 30.3 Å². The lowest BCUT2D eigenvalue weighted by atomic mass is 9.95. The van der Waals surface area contributed by atoms with Gasteiger partial charge in [0.05, 0.1) is 18.4 Å². The Morgan fingerprint density at radius 3 is 2.18 bits per heavy atom. The lowest BCUT2D eigenvalue weighted by Crippen LogP contribution is -2.47. The van der Waals surface area contributed by atoms with E-state index >= 15 is 0 Å². The average molecular weight is 531 g/mol. The molecule has 8 heteroatoms. The van der Waals surface area contributed by atoms with Gasteiger partial charge in [0, 0.05) is 49.2 Å². The Balaban J connectivity index is 1.36. The Kier molecular flexibility index (Phi) is 8.30. The van der Waals surface area contributed by atoms with Crippen molar-refractivity contribution in [3.8, 4) is 5.75 Å². The molecule has 1 saturated heterocycles. The largest absolute Gasteiger partial charge is 0.495 e. The van der Waals surface area contributed by atoms with Gasteiger partial charge in [-0.05, 0) is 67.4 Å². The molecule has 0 radical (unpaired) electrons. The van der Waals surface area contributed by atoms with Crippen LogP contribution in [0.2, 0.25) is 0 Å². The molecule has 1 aliphatic heterocycles. The minimum absolute atomic E-state index is 0.123. The second-order valence-corrected chi connectivity index (χ2v) is 10.1. The summed E-state index contributed by atoms with van der Waals surface area (Å²) in [5.74, 6) is -0.0307. The summed E-state index contributed by atoms with van der Waals surface area (Å²) in [6.07, 6.45) is 5.42. The molecule has 2 aliphatic rings. The van der Waals surface area contributed by atoms with Gasteiger partial charge >= 0.3 is 0 Å². The highest BCUT2D eigenvalue weighted by Gasteiger charge is 2.25. The van der Waals surface area contributed by atoms with E-state index < -0.39 is 5.82 Å². The van der Waals surface area contributed by atoms with E-state index in [2.05, 4.69) is 26.5 Å². The third-order valence-corrected chi connectivity index (χ3v) is 7.59. The smallest absolute Gasteiger partial charge is 0.255 e. The molecular weight excluding hydrogens is 495 g/mol. The molecule has 204 valence electrons. The predicted octanol–water partition coefficient (Wildman–Crippen LogP) is 5.48. The minimum Gasteiger partial charge on any atom is -0.495 e. The summed E-state index contributed by atoms with van der Waals surface area (Å²) in [5, 5.41) is 6.10. The number of rotatable bonds is 7. The summed E-state index contributed by atoms with van der Waals surface area (Å²) in [5.41, 5.74) is 3.33. The van der Waals surface area contributed by atoms with Crippen molar-refractivity contribution in [2.75, 3.05) is 48.4 Å². The molecule has 7 nitrogen and oxygen atoms in total. The monoisotopic (exact) mass is 530 g/mol. The highest BCUT2D eigenvalue weighted by atomic mass is 19.1. The number of hydrogen-bond donors (Lipinski definition) is 2. The number of carbonyl (C=O) groups is 2. The average Bonchev–Trinajstić information content (AvgIpc) is 2.98. The number of para-hydroxylation sites is 2. The fourth-order valence-electron chi connectivity index (χ4n) is 5.47. The van der Waals surface area contributed by atoms with Crippen molar-refractivity contribution in [2.24, 2.45) is 0 Å². The van der Waals surface area contributed by atoms with E-state index in [1.165, 1.54) is 30.7 Å². The van der Waals surface area contributed by atoms with Crippen LogP contribution in [0.3, 0.4) is 0 Å². The number of methoxy groups -OCH3 is 1. The molecule has 0 unspecified atom stereocenters. The summed E-state index contributed by atoms with van der Waals surface area (Å²) >= 11 is 0. The SMILES string of the molecule is COc1ccccc1N1CCN(c2ccc(NC(=O)c3ccc(F)cc3)cc2C(=O)NC2CCCCC2)CC1. The summed E-state index contributed by atoms with van der Waals surface area (Å²) in [7, 11) is 1.68. The number of nitrogens with zero attached hydrogens (tertiary/aromatic N) is 2. The Hall–Kier alpha value is -4.07. The maximum atomic E-state index is 13.6. The van der Waals surface area contributed by atoms with Crippen molar-refractivity contribution < 1.29 is 18.7 Å². The summed E-state index contributed by atoms with van der Waals surface area (Å²) < 4.78 is 18.9. The molecule has 39 heavy (non-hydrogen) atoms. The number of piperazine rings is 1. The van der Waals surface area contributed by atoms with Crippen LogP contribution in [0.15, 0.2) is 66.7 Å². The van der Waals surface area contributed by atoms with Gasteiger partial charge in [-0.3, -0.25) is 9.59 Å². The number of nitrogens with one attached hydrogen (secondary N) is 2. The van der Waals surface area contributed by atoms with Gasteiger partial charge in [0.1, 0.15) is 11.6 Å². The van der Waals surface area contributed by atoms with Crippen molar-refractivity contribution in [1.29, 1.82) is 0 Å². The lowest BCUT2D eigenvalue weighted by Gasteiger charge is -2.38. The zero-order valence-electron chi connectivity index (χ0n) is 22.3. The maximum Gasteiger partial charge on any atom is 0.255 e. The highest BCUT2D eigenvalue weighted by molar-refractivity contribution is 6.06. The highest BCUT2D eigenvalue weighted by Crippen LogP contribution is 2.31. The molecule has 2 amide bonds. The quantitative estimate of drug-likeness (QED) is 0.424. The van der Waals surface area contributed by atoms with Crippen LogP contribution >= 0.6 is 0 Å². The molecule has 1 saturated carbocycles. The standard InChI is InChI=1S/C31H35FN4O3/c1-39-29-10-6-5-9-28(29)36-19-17-35(18-20-36)27-16-15-25(34-30(37)22-11-13-23(32)14-12-22)21-26(27)31(38)33-24-7-3-2-4-8-24/h5-6,9-16,21,24H,2-4,7-8,17-20H2,1H3,(H,33,38)(H,34,37). The van der Waals surface area contributed by atoms with E-state index in [0.29, 0.717) is 16.8 Å². The summed E-state index contributed by atoms with van der Waals surface area (Å²) in [6.45, 7) is 3.05. The van der Waals surface area contributed by atoms with Crippen LogP contribution in [-0.2, 0) is 0 Å². The second-order valence-electron chi connectivity index (χ2n) is 10.1. The van der Waals surface area contributed by atoms with E-state index in [4.69, 9.17) is 4.74 Å². The van der Waals surface area contributed by atoms with Gasteiger partial charge in [-0.25, -0.2) is 4.39 Å². The van der Waals surface area contributed by atoms with E-state index in [9.17, 15) is 14.0 Å². The molecule has 3 aromatic rings. The van der Waals surface area contributed by atoms with Gasteiger partial charge in [-0.15, -0.1) is 0 Å². The van der Waals surface area contributed by atoms with Gasteiger partial charge < -0.3 is 25.2 Å². The van der Waals surface area contributed by atoms with Gasteiger partial charge in [0.15, 0.2) is 0 Å². The number of halogens is 1. The molecule has 0 spiro atoms. The molecule has 1 aliphatic carbocycles. The van der Waals surface area contributed by atoms with Gasteiger partial charge in [-0.1, -0.05) is 31.4 Å². The van der Waals surface area contributed by atoms with Crippen LogP contribution in [0.1, 0.15) is 52.8 Å². The van der Waals surface area contributed by atoms with Crippen LogP contribution in [0.4, 0.5) is 21.5 Å². The van der Waals surface area contributed by atoms with Crippen molar-refractivity contribution >= 4 is 28.9 Å². The first-order chi connectivity index (χ1) is 19.0. The number of benzene rings is 3. The van der Waals surface area contributed by atoms with E-state index in [-0.39, 0.29) is 17.9 Å². The number of hydrogen-bond acceptors (Lipinski definition) is 5. The molecule has 3 aromatic carbocycles. The third kappa shape index (κ3) is 6.33. The topological polar surface area (TPSA) is 73.9 Å². The van der Waals surface area contributed by atoms with Crippen molar-refractivity contribution in [2.45, 2.75) is 38.1 Å². The minimum atomic E-state index is -0.400. The van der Waals surface area contributed by atoms with Gasteiger partial charge in [0.25, 0.3) is 11.8 Å². The molecule has 2 fully saturated rings. The number of carbonyl (C=O) groups excluding carboxylic acids is 2. The normalized spacial score (nSPS) is 16.1. The summed E-state index contributed by atoms with van der Waals surface area (Å²) in [4.78, 5) is 30.9. The Morgan fingerprint density at radius 1 is 0.821 bits per heavy atom. The Morgan fingerprint density at radius 2 is 1.49 bits per heavy atom. The number of anilines is 3. The van der Waals surface area contributed by atoms with Gasteiger partial charge in [0.2, 0.25) is 0 Å². The first-order valence-electron chi connectivity index (χ1n) is 13.7. The predicted molar refractivity (Wildman–Crippen MR) is 153 cm³/mol. The Labute approximate surface area is 228 Å². The molecule has 5 rings (SSSR count). The van der Waals surface area contributed by atoms with Crippen LogP contribution in [0.5, 0.6) is 5.75 Å². The summed E-state index contributed by atoms with van der Waals surface area (Å²) in [6, 6.07) is 19.1. The zero-order chi connectivity index (χ0) is 27.2. The van der Waals surface area contributed by atoms with Crippen LogP contribution in [0.25, 0.3) is 0 Å². The second kappa shape index (κ2) is 12.2. The van der Waals surface area contributed by atoms with Gasteiger partial charge in [-0.2, -0.15) is 0 Å². The van der Waals surface area contributed by atoms with Crippen molar-refractivity contribution in [3.63, 3.8) is 0 Å². The maximum absolute atomic E-state index is 13.6. The zero-order valence-corrected chi connectivity index (χ0v) is 22.3. The van der Waals surface area contributed by atoms with Crippen molar-refractivity contribution in [3.05, 3.63) is 83.7 Å². The molecular formula is C31H35FN4O3. The van der Waals surface area contributed by atoms with Crippen molar-refractivity contribution in [1.82, 2.24) is 5.32 Å². The first-order valence-corrected chi connectivity index (χ1v) is 13.7. The molecule has 0 aromatic heterocycles. The van der Waals surface area contributed by atoms with Crippen LogP contribution in [-0.4, -0.2) is 51.1 Å². The first kappa shape index (κ1) is 26.5. The lowest BCUT2D eigenvalue weighted by molar-refractivity contribution is 0.0927. The van der Waals surface area contributed by atoms with Crippen LogP contribution < -0.4 is 25.2 Å². The van der Waals surface area contributed by atoms with Crippen LogP contribution in [0, 0.1) is 5.82 Å².